The summed E-state index contributed by atoms with van der Waals surface area (Å²) in [6.45, 7) is 6.40. The third-order valence-electron chi connectivity index (χ3n) is 14.2. The van der Waals surface area contributed by atoms with E-state index >= 15 is 0 Å². The first-order chi connectivity index (χ1) is 39.5. The number of allylic oxidation sites excluding steroid dienone is 20. The monoisotopic (exact) mass is 1110 g/mol. The summed E-state index contributed by atoms with van der Waals surface area (Å²) in [5.74, 6) is -0.885. The van der Waals surface area contributed by atoms with Gasteiger partial charge in [-0.2, -0.15) is 0 Å². The highest BCUT2D eigenvalue weighted by molar-refractivity contribution is 5.71. The van der Waals surface area contributed by atoms with Crippen LogP contribution in [0.2, 0.25) is 0 Å². The molecule has 80 heavy (non-hydrogen) atoms. The van der Waals surface area contributed by atoms with Gasteiger partial charge in [0, 0.05) is 19.3 Å². The second-order valence-electron chi connectivity index (χ2n) is 22.0. The van der Waals surface area contributed by atoms with Crippen molar-refractivity contribution in [1.29, 1.82) is 0 Å². The third kappa shape index (κ3) is 64.6. The molecule has 6 nitrogen and oxygen atoms in total. The van der Waals surface area contributed by atoms with Crippen LogP contribution >= 0.6 is 0 Å². The zero-order valence-electron chi connectivity index (χ0n) is 52.3. The first kappa shape index (κ1) is 75.8. The molecule has 0 saturated carbocycles. The van der Waals surface area contributed by atoms with Crippen LogP contribution in [-0.4, -0.2) is 37.2 Å². The van der Waals surface area contributed by atoms with E-state index in [2.05, 4.69) is 142 Å². The van der Waals surface area contributed by atoms with Gasteiger partial charge in [-0.05, 0) is 109 Å². The zero-order chi connectivity index (χ0) is 57.8. The normalized spacial score (nSPS) is 12.9. The van der Waals surface area contributed by atoms with Crippen molar-refractivity contribution in [3.05, 3.63) is 122 Å². The number of carbonyl (C=O) groups is 3. The fraction of sp³-hybridized carbons (Fsp3) is 0.689. The van der Waals surface area contributed by atoms with Crippen molar-refractivity contribution in [2.45, 2.75) is 316 Å². The van der Waals surface area contributed by atoms with Crippen LogP contribution in [0, 0.1) is 0 Å². The van der Waals surface area contributed by atoms with Gasteiger partial charge >= 0.3 is 17.9 Å². The van der Waals surface area contributed by atoms with Crippen molar-refractivity contribution in [2.24, 2.45) is 0 Å². The average molecular weight is 1110 g/mol. The second kappa shape index (κ2) is 67.3. The van der Waals surface area contributed by atoms with E-state index in [0.717, 1.165) is 128 Å². The van der Waals surface area contributed by atoms with Crippen molar-refractivity contribution >= 4 is 17.9 Å². The molecule has 0 aromatic carbocycles. The SMILES string of the molecule is CC/C=C\C/C=C\C/C=C\C/C=C\C/C=C\C/C=C\CCCCCCCCCCCCCCCCC(=O)OCC(COC(=O)CCCCCCCCCC)OC(=O)CCCCCCCCCC/C=C\C/C=C\C/C=C\C/C=C\CC. The van der Waals surface area contributed by atoms with Gasteiger partial charge in [0.1, 0.15) is 13.2 Å². The molecule has 0 amide bonds. The maximum Gasteiger partial charge on any atom is 0.306 e. The molecule has 0 aliphatic carbocycles. The first-order valence-electron chi connectivity index (χ1n) is 33.5. The summed E-state index contributed by atoms with van der Waals surface area (Å²) in [5.41, 5.74) is 0. The summed E-state index contributed by atoms with van der Waals surface area (Å²) in [6.07, 6.45) is 93.8. The van der Waals surface area contributed by atoms with E-state index in [1.54, 1.807) is 0 Å². The van der Waals surface area contributed by atoms with Crippen molar-refractivity contribution in [3.8, 4) is 0 Å². The van der Waals surface area contributed by atoms with Gasteiger partial charge in [-0.1, -0.05) is 303 Å². The molecule has 1 unspecified atom stereocenters. The molecule has 0 aliphatic heterocycles. The average Bonchev–Trinajstić information content (AvgIpc) is 3.46. The maximum absolute atomic E-state index is 12.9. The minimum absolute atomic E-state index is 0.0799. The quantitative estimate of drug-likeness (QED) is 0.0261. The highest BCUT2D eigenvalue weighted by Crippen LogP contribution is 2.16. The molecule has 0 rings (SSSR count). The topological polar surface area (TPSA) is 78.9 Å². The van der Waals surface area contributed by atoms with Gasteiger partial charge in [-0.3, -0.25) is 14.4 Å². The standard InChI is InChI=1S/C74H124O6/c1-4-7-10-13-16-19-21-23-25-27-29-31-32-33-34-35-36-37-38-39-40-41-42-44-45-47-49-51-53-55-58-61-64-67-73(76)79-70-71(69-78-72(75)66-63-60-57-18-15-12-9-6-3)80-74(77)68-65-62-59-56-54-52-50-48-46-43-30-28-26-24-22-20-17-14-11-8-5-2/h7-8,10-11,16-17,19-20,23-26,29-31,33-34,36-37,43,71H,4-6,9,12-15,18,21-22,27-28,32,35,38-42,44-70H2,1-3H3/b10-7-,11-8-,19-16-,20-17-,25-23-,26-24-,31-29-,34-33-,37-36-,43-30-. The Labute approximate surface area is 494 Å². The lowest BCUT2D eigenvalue weighted by Crippen LogP contribution is -2.30. The predicted octanol–water partition coefficient (Wildman–Crippen LogP) is 23.2. The molecule has 0 spiro atoms. The summed E-state index contributed by atoms with van der Waals surface area (Å²) in [7, 11) is 0. The Hall–Kier alpha value is -4.19. The van der Waals surface area contributed by atoms with E-state index in [1.165, 1.54) is 141 Å². The van der Waals surface area contributed by atoms with Crippen LogP contribution in [0.5, 0.6) is 0 Å². The van der Waals surface area contributed by atoms with Gasteiger partial charge < -0.3 is 14.2 Å². The molecule has 6 heteroatoms. The third-order valence-corrected chi connectivity index (χ3v) is 14.2. The number of esters is 3. The smallest absolute Gasteiger partial charge is 0.306 e. The van der Waals surface area contributed by atoms with Crippen molar-refractivity contribution < 1.29 is 28.6 Å². The van der Waals surface area contributed by atoms with E-state index in [9.17, 15) is 14.4 Å². The van der Waals surface area contributed by atoms with Crippen molar-refractivity contribution in [3.63, 3.8) is 0 Å². The Bertz CT molecular complexity index is 1650. The van der Waals surface area contributed by atoms with E-state index in [0.29, 0.717) is 19.3 Å². The number of carbonyl (C=O) groups excluding carboxylic acids is 3. The van der Waals surface area contributed by atoms with Crippen LogP contribution in [0.1, 0.15) is 310 Å². The van der Waals surface area contributed by atoms with Gasteiger partial charge in [0.15, 0.2) is 6.10 Å². The largest absolute Gasteiger partial charge is 0.462 e. The van der Waals surface area contributed by atoms with E-state index in [-0.39, 0.29) is 31.1 Å². The molecule has 0 aliphatic rings. The minimum atomic E-state index is -0.782. The van der Waals surface area contributed by atoms with E-state index < -0.39 is 6.10 Å². The predicted molar refractivity (Wildman–Crippen MR) is 348 cm³/mol. The summed E-state index contributed by atoms with van der Waals surface area (Å²) in [4.78, 5) is 38.2. The highest BCUT2D eigenvalue weighted by Gasteiger charge is 2.19. The highest BCUT2D eigenvalue weighted by atomic mass is 16.6. The number of hydrogen-bond acceptors (Lipinski definition) is 6. The van der Waals surface area contributed by atoms with Gasteiger partial charge in [0.05, 0.1) is 0 Å². The van der Waals surface area contributed by atoms with Gasteiger partial charge in [-0.15, -0.1) is 0 Å². The Morgan fingerprint density at radius 1 is 0.263 bits per heavy atom. The lowest BCUT2D eigenvalue weighted by molar-refractivity contribution is -0.167. The Morgan fingerprint density at radius 3 is 0.762 bits per heavy atom. The molecule has 0 saturated heterocycles. The summed E-state index contributed by atoms with van der Waals surface area (Å²) in [5, 5.41) is 0. The fourth-order valence-corrected chi connectivity index (χ4v) is 9.26. The lowest BCUT2D eigenvalue weighted by atomic mass is 10.0. The van der Waals surface area contributed by atoms with Crippen molar-refractivity contribution in [2.75, 3.05) is 13.2 Å². The molecule has 0 fully saturated rings. The molecule has 0 radical (unpaired) electrons. The summed E-state index contributed by atoms with van der Waals surface area (Å²) >= 11 is 0. The molecule has 456 valence electrons. The molecule has 0 heterocycles. The van der Waals surface area contributed by atoms with Crippen LogP contribution in [0.25, 0.3) is 0 Å². The Kier molecular flexibility index (Phi) is 63.8. The first-order valence-corrected chi connectivity index (χ1v) is 33.5. The molecule has 0 aromatic heterocycles. The minimum Gasteiger partial charge on any atom is -0.462 e. The van der Waals surface area contributed by atoms with Gasteiger partial charge in [0.25, 0.3) is 0 Å². The molecule has 0 bridgehead atoms. The molecular formula is C74H124O6. The fourth-order valence-electron chi connectivity index (χ4n) is 9.26. The maximum atomic E-state index is 12.9. The lowest BCUT2D eigenvalue weighted by Gasteiger charge is -2.18. The second-order valence-corrected chi connectivity index (χ2v) is 22.0. The van der Waals surface area contributed by atoms with Crippen LogP contribution in [0.15, 0.2) is 122 Å². The molecule has 1 atom stereocenters. The van der Waals surface area contributed by atoms with Crippen LogP contribution in [0.4, 0.5) is 0 Å². The number of unbranched alkanes of at least 4 members (excludes halogenated alkanes) is 29. The summed E-state index contributed by atoms with van der Waals surface area (Å²) in [6, 6.07) is 0. The van der Waals surface area contributed by atoms with Crippen LogP contribution in [-0.2, 0) is 28.6 Å². The van der Waals surface area contributed by atoms with E-state index in [4.69, 9.17) is 14.2 Å². The molecule has 0 N–H and O–H groups in total. The van der Waals surface area contributed by atoms with Crippen molar-refractivity contribution in [1.82, 2.24) is 0 Å². The molecule has 0 aromatic rings. The van der Waals surface area contributed by atoms with E-state index in [1.807, 2.05) is 0 Å². The zero-order valence-corrected chi connectivity index (χ0v) is 52.3. The van der Waals surface area contributed by atoms with Crippen LogP contribution < -0.4 is 0 Å². The summed E-state index contributed by atoms with van der Waals surface area (Å²) < 4.78 is 16.9. The van der Waals surface area contributed by atoms with Gasteiger partial charge in [-0.25, -0.2) is 0 Å². The van der Waals surface area contributed by atoms with Gasteiger partial charge in [0.2, 0.25) is 0 Å². The number of hydrogen-bond donors (Lipinski definition) is 0. The Balaban J connectivity index is 4.12. The number of rotatable bonds is 60. The Morgan fingerprint density at radius 2 is 0.487 bits per heavy atom. The number of ether oxygens (including phenoxy) is 3. The molecular weight excluding hydrogens is 985 g/mol. The van der Waals surface area contributed by atoms with Crippen LogP contribution in [0.3, 0.4) is 0 Å².